The minimum Gasteiger partial charge on any atom is -0.487 e. The molecule has 0 N–H and O–H groups in total. The number of para-hydroxylation sites is 1. The molecule has 0 radical (unpaired) electrons. The second kappa shape index (κ2) is 4.11. The maximum atomic E-state index is 6.39. The summed E-state index contributed by atoms with van der Waals surface area (Å²) in [5.74, 6) is 1.36. The van der Waals surface area contributed by atoms with Crippen molar-refractivity contribution in [2.75, 3.05) is 0 Å². The van der Waals surface area contributed by atoms with Crippen LogP contribution in [-0.4, -0.2) is 11.2 Å². The van der Waals surface area contributed by atoms with Gasteiger partial charge in [-0.3, -0.25) is 0 Å². The van der Waals surface area contributed by atoms with E-state index >= 15 is 0 Å². The normalized spacial score (nSPS) is 35.7. The number of fused-ring (bicyclic) bond motifs is 3. The monoisotopic (exact) mass is 258 g/mol. The molecule has 1 fully saturated rings. The van der Waals surface area contributed by atoms with Crippen LogP contribution in [0.5, 0.6) is 5.75 Å². The Hall–Kier alpha value is -1.28. The van der Waals surface area contributed by atoms with Gasteiger partial charge in [0.1, 0.15) is 11.4 Å². The van der Waals surface area contributed by atoms with Gasteiger partial charge in [-0.2, -0.15) is 0 Å². The molecule has 102 valence electrons. The second-order valence-corrected chi connectivity index (χ2v) is 6.44. The Morgan fingerprint density at radius 3 is 2.74 bits per heavy atom. The number of hydrogen-bond donors (Lipinski definition) is 0. The summed E-state index contributed by atoms with van der Waals surface area (Å²) in [5.41, 5.74) is 0.781. The Kier molecular flexibility index (Phi) is 2.75. The molecule has 0 amide bonds. The van der Waals surface area contributed by atoms with Gasteiger partial charge in [0, 0.05) is 11.5 Å². The molecule has 3 atom stereocenters. The summed E-state index contributed by atoms with van der Waals surface area (Å²) in [6, 6.07) is 8.24. The molecule has 0 aromatic heterocycles. The quantitative estimate of drug-likeness (QED) is 0.700. The minimum absolute atomic E-state index is 0.108. The smallest absolute Gasteiger partial charge is 0.125 e. The number of rotatable bonds is 1. The van der Waals surface area contributed by atoms with Gasteiger partial charge in [0.25, 0.3) is 0 Å². The Labute approximate surface area is 115 Å². The molecule has 0 spiro atoms. The third-order valence-corrected chi connectivity index (χ3v) is 4.64. The molecule has 2 aliphatic rings. The summed E-state index contributed by atoms with van der Waals surface area (Å²) in [7, 11) is 0. The zero-order valence-corrected chi connectivity index (χ0v) is 12.0. The van der Waals surface area contributed by atoms with Crippen molar-refractivity contribution in [1.29, 1.82) is 0 Å². The van der Waals surface area contributed by atoms with Crippen LogP contribution in [0.4, 0.5) is 0 Å². The zero-order valence-electron chi connectivity index (χ0n) is 12.0. The maximum Gasteiger partial charge on any atom is 0.125 e. The van der Waals surface area contributed by atoms with Crippen LogP contribution < -0.4 is 4.74 Å². The lowest BCUT2D eigenvalue weighted by Gasteiger charge is -2.51. The highest BCUT2D eigenvalue weighted by Crippen LogP contribution is 2.52. The molecule has 1 saturated heterocycles. The average Bonchev–Trinajstić information content (AvgIpc) is 2.38. The highest BCUT2D eigenvalue weighted by Gasteiger charge is 2.49. The molecule has 3 rings (SSSR count). The zero-order chi connectivity index (χ0) is 13.7. The van der Waals surface area contributed by atoms with E-state index in [4.69, 9.17) is 9.47 Å². The van der Waals surface area contributed by atoms with E-state index in [9.17, 15) is 0 Å². The van der Waals surface area contributed by atoms with Crippen molar-refractivity contribution in [1.82, 2.24) is 0 Å². The fourth-order valence-electron chi connectivity index (χ4n) is 3.33. The molecule has 2 aliphatic heterocycles. The van der Waals surface area contributed by atoms with Crippen LogP contribution in [0.2, 0.25) is 0 Å². The van der Waals surface area contributed by atoms with Crippen LogP contribution in [0, 0.1) is 5.92 Å². The van der Waals surface area contributed by atoms with E-state index in [1.807, 2.05) is 18.2 Å². The van der Waals surface area contributed by atoms with E-state index < -0.39 is 0 Å². The molecule has 19 heavy (non-hydrogen) atoms. The number of ether oxygens (including phenoxy) is 2. The van der Waals surface area contributed by atoms with Gasteiger partial charge in [0.2, 0.25) is 0 Å². The Bertz CT molecular complexity index is 506. The van der Waals surface area contributed by atoms with E-state index in [0.717, 1.165) is 18.6 Å². The molecule has 1 aromatic carbocycles. The van der Waals surface area contributed by atoms with Crippen molar-refractivity contribution >= 4 is 0 Å². The average molecular weight is 258 g/mol. The molecule has 0 saturated carbocycles. The standard InChI is InChI=1S/C17H22O2/c1-5-17(4)11-10-13-15(19-17)12-8-6-7-9-14(12)18-16(13,2)3/h5-9,13,15H,1,10-11H2,2-4H3/t13-,15+,17-/m0/s1. The third kappa shape index (κ3) is 1.99. The van der Waals surface area contributed by atoms with E-state index in [2.05, 4.69) is 39.5 Å². The fraction of sp³-hybridized carbons (Fsp3) is 0.529. The number of benzene rings is 1. The van der Waals surface area contributed by atoms with Crippen molar-refractivity contribution in [2.45, 2.75) is 50.9 Å². The Morgan fingerprint density at radius 1 is 1.26 bits per heavy atom. The third-order valence-electron chi connectivity index (χ3n) is 4.64. The largest absolute Gasteiger partial charge is 0.487 e. The summed E-state index contributed by atoms with van der Waals surface area (Å²) in [6.07, 6.45) is 4.16. The highest BCUT2D eigenvalue weighted by molar-refractivity contribution is 5.39. The maximum absolute atomic E-state index is 6.39. The first-order valence-electron chi connectivity index (χ1n) is 7.04. The minimum atomic E-state index is -0.221. The van der Waals surface area contributed by atoms with Gasteiger partial charge in [-0.15, -0.1) is 6.58 Å². The summed E-state index contributed by atoms with van der Waals surface area (Å²) in [4.78, 5) is 0. The van der Waals surface area contributed by atoms with Gasteiger partial charge in [-0.1, -0.05) is 24.3 Å². The van der Waals surface area contributed by atoms with Crippen molar-refractivity contribution in [2.24, 2.45) is 5.92 Å². The molecule has 1 aromatic rings. The molecule has 0 bridgehead atoms. The molecule has 2 heteroatoms. The summed E-state index contributed by atoms with van der Waals surface area (Å²) in [5, 5.41) is 0. The SMILES string of the molecule is C=C[C@@]1(C)CC[C@H]2[C@H](O1)c1ccccc1OC2(C)C. The Morgan fingerprint density at radius 2 is 2.00 bits per heavy atom. The van der Waals surface area contributed by atoms with Crippen LogP contribution in [0.25, 0.3) is 0 Å². The van der Waals surface area contributed by atoms with Crippen LogP contribution in [-0.2, 0) is 4.74 Å². The van der Waals surface area contributed by atoms with Gasteiger partial charge in [-0.25, -0.2) is 0 Å². The van der Waals surface area contributed by atoms with Gasteiger partial charge >= 0.3 is 0 Å². The van der Waals surface area contributed by atoms with Crippen LogP contribution in [0.3, 0.4) is 0 Å². The summed E-state index contributed by atoms with van der Waals surface area (Å²) >= 11 is 0. The number of hydrogen-bond acceptors (Lipinski definition) is 2. The summed E-state index contributed by atoms with van der Waals surface area (Å²) in [6.45, 7) is 10.4. The topological polar surface area (TPSA) is 18.5 Å². The Balaban J connectivity index is 2.05. The predicted molar refractivity (Wildman–Crippen MR) is 76.3 cm³/mol. The van der Waals surface area contributed by atoms with Crippen molar-refractivity contribution in [3.63, 3.8) is 0 Å². The predicted octanol–water partition coefficient (Wildman–Crippen LogP) is 4.27. The van der Waals surface area contributed by atoms with Crippen molar-refractivity contribution in [3.8, 4) is 5.75 Å². The van der Waals surface area contributed by atoms with E-state index in [0.29, 0.717) is 5.92 Å². The first-order chi connectivity index (χ1) is 8.95. The van der Waals surface area contributed by atoms with Gasteiger partial charge in [0.15, 0.2) is 0 Å². The molecule has 0 unspecified atom stereocenters. The van der Waals surface area contributed by atoms with Crippen molar-refractivity contribution < 1.29 is 9.47 Å². The molecular weight excluding hydrogens is 236 g/mol. The van der Waals surface area contributed by atoms with Gasteiger partial charge < -0.3 is 9.47 Å². The van der Waals surface area contributed by atoms with Crippen LogP contribution in [0.15, 0.2) is 36.9 Å². The first kappa shape index (κ1) is 12.7. The van der Waals surface area contributed by atoms with E-state index in [1.165, 1.54) is 5.56 Å². The molecule has 0 aliphatic carbocycles. The summed E-state index contributed by atoms with van der Waals surface area (Å²) < 4.78 is 12.6. The second-order valence-electron chi connectivity index (χ2n) is 6.44. The van der Waals surface area contributed by atoms with E-state index in [1.54, 1.807) is 0 Å². The first-order valence-corrected chi connectivity index (χ1v) is 7.04. The van der Waals surface area contributed by atoms with Crippen molar-refractivity contribution in [3.05, 3.63) is 42.5 Å². The molecule has 2 heterocycles. The van der Waals surface area contributed by atoms with Gasteiger partial charge in [-0.05, 0) is 39.7 Å². The van der Waals surface area contributed by atoms with E-state index in [-0.39, 0.29) is 17.3 Å². The molecule has 2 nitrogen and oxygen atoms in total. The lowest BCUT2D eigenvalue weighted by Crippen LogP contribution is -2.50. The highest BCUT2D eigenvalue weighted by atomic mass is 16.5. The molecular formula is C17H22O2. The van der Waals surface area contributed by atoms with Crippen LogP contribution in [0.1, 0.15) is 45.3 Å². The van der Waals surface area contributed by atoms with Crippen LogP contribution >= 0.6 is 0 Å². The lowest BCUT2D eigenvalue weighted by molar-refractivity contribution is -0.172. The lowest BCUT2D eigenvalue weighted by atomic mass is 9.73. The van der Waals surface area contributed by atoms with Gasteiger partial charge in [0.05, 0.1) is 11.7 Å². The fourth-order valence-corrected chi connectivity index (χ4v) is 3.33.